The third kappa shape index (κ3) is 3.13. The van der Waals surface area contributed by atoms with Crippen LogP contribution in [0.5, 0.6) is 0 Å². The van der Waals surface area contributed by atoms with Crippen LogP contribution in [0.15, 0.2) is 36.7 Å². The summed E-state index contributed by atoms with van der Waals surface area (Å²) in [6, 6.07) is 7.87. The molecule has 0 aliphatic carbocycles. The number of nitrogen functional groups attached to an aromatic ring is 1. The van der Waals surface area contributed by atoms with Gasteiger partial charge in [0, 0.05) is 31.0 Å². The molecule has 0 spiro atoms. The molecule has 4 N–H and O–H groups in total. The molecule has 0 saturated carbocycles. The zero-order valence-electron chi connectivity index (χ0n) is 11.7. The van der Waals surface area contributed by atoms with Gasteiger partial charge < -0.3 is 16.4 Å². The van der Waals surface area contributed by atoms with Crippen LogP contribution in [0.3, 0.4) is 0 Å². The highest BCUT2D eigenvalue weighted by Gasteiger charge is 2.16. The van der Waals surface area contributed by atoms with Crippen LogP contribution in [0.25, 0.3) is 0 Å². The molecule has 0 unspecified atom stereocenters. The summed E-state index contributed by atoms with van der Waals surface area (Å²) in [5, 5.41) is 6.22. The monoisotopic (exact) mass is 282 g/mol. The highest BCUT2D eigenvalue weighted by atomic mass is 16.1. The van der Waals surface area contributed by atoms with Crippen molar-refractivity contribution in [2.45, 2.75) is 19.3 Å². The molecule has 0 fully saturated rings. The number of aromatic nitrogens is 1. The van der Waals surface area contributed by atoms with E-state index in [1.807, 2.05) is 24.3 Å². The lowest BCUT2D eigenvalue weighted by Crippen LogP contribution is -2.19. The molecule has 1 aliphatic heterocycles. The number of hydrogen-bond acceptors (Lipinski definition) is 4. The van der Waals surface area contributed by atoms with Crippen molar-refractivity contribution in [3.05, 3.63) is 47.8 Å². The first kappa shape index (κ1) is 13.4. The van der Waals surface area contributed by atoms with E-state index >= 15 is 0 Å². The molecular weight excluding hydrogens is 264 g/mol. The lowest BCUT2D eigenvalue weighted by molar-refractivity contribution is -0.116. The second-order valence-electron chi connectivity index (χ2n) is 5.18. The minimum absolute atomic E-state index is 0.0648. The third-order valence-electron chi connectivity index (χ3n) is 3.65. The first-order chi connectivity index (χ1) is 10.2. The van der Waals surface area contributed by atoms with Gasteiger partial charge in [0.05, 0.1) is 11.4 Å². The number of amides is 1. The zero-order valence-corrected chi connectivity index (χ0v) is 11.7. The predicted molar refractivity (Wildman–Crippen MR) is 84.2 cm³/mol. The average molecular weight is 282 g/mol. The van der Waals surface area contributed by atoms with Crippen LogP contribution in [0.1, 0.15) is 17.5 Å². The van der Waals surface area contributed by atoms with Gasteiger partial charge in [-0.3, -0.25) is 9.78 Å². The SMILES string of the molecule is Nc1cc2c(cc1NCCc1ccncc1)NC(=O)CC2. The Morgan fingerprint density at radius 3 is 2.86 bits per heavy atom. The number of fused-ring (bicyclic) bond motifs is 1. The van der Waals surface area contributed by atoms with Gasteiger partial charge in [0.15, 0.2) is 0 Å². The molecule has 3 rings (SSSR count). The Morgan fingerprint density at radius 2 is 2.05 bits per heavy atom. The number of nitrogens with two attached hydrogens (primary N) is 1. The molecule has 21 heavy (non-hydrogen) atoms. The molecule has 5 nitrogen and oxygen atoms in total. The van der Waals surface area contributed by atoms with Crippen LogP contribution in [-0.4, -0.2) is 17.4 Å². The smallest absolute Gasteiger partial charge is 0.224 e. The summed E-state index contributed by atoms with van der Waals surface area (Å²) in [6.07, 6.45) is 5.76. The van der Waals surface area contributed by atoms with Crippen LogP contribution >= 0.6 is 0 Å². The van der Waals surface area contributed by atoms with Crippen LogP contribution in [0.4, 0.5) is 17.1 Å². The minimum Gasteiger partial charge on any atom is -0.397 e. The molecule has 2 heterocycles. The third-order valence-corrected chi connectivity index (χ3v) is 3.65. The maximum atomic E-state index is 11.5. The number of aryl methyl sites for hydroxylation is 1. The largest absolute Gasteiger partial charge is 0.397 e. The van der Waals surface area contributed by atoms with Crippen LogP contribution in [0.2, 0.25) is 0 Å². The Bertz CT molecular complexity index is 655. The number of carbonyl (C=O) groups is 1. The maximum Gasteiger partial charge on any atom is 0.224 e. The van der Waals surface area contributed by atoms with Gasteiger partial charge in [0.25, 0.3) is 0 Å². The summed E-state index contributed by atoms with van der Waals surface area (Å²) in [4.78, 5) is 15.5. The van der Waals surface area contributed by atoms with Crippen LogP contribution in [-0.2, 0) is 17.6 Å². The van der Waals surface area contributed by atoms with E-state index in [0.29, 0.717) is 6.42 Å². The summed E-state index contributed by atoms with van der Waals surface area (Å²) >= 11 is 0. The Morgan fingerprint density at radius 1 is 1.24 bits per heavy atom. The fourth-order valence-electron chi connectivity index (χ4n) is 2.49. The van der Waals surface area contributed by atoms with Gasteiger partial charge in [0.2, 0.25) is 5.91 Å². The number of pyridine rings is 1. The van der Waals surface area contributed by atoms with Crippen molar-refractivity contribution in [3.8, 4) is 0 Å². The number of benzene rings is 1. The van der Waals surface area contributed by atoms with E-state index in [0.717, 1.165) is 42.0 Å². The van der Waals surface area contributed by atoms with Crippen molar-refractivity contribution < 1.29 is 4.79 Å². The number of nitrogens with zero attached hydrogens (tertiary/aromatic N) is 1. The van der Waals surface area contributed by atoms with Gasteiger partial charge in [-0.25, -0.2) is 0 Å². The lowest BCUT2D eigenvalue weighted by Gasteiger charge is -2.19. The summed E-state index contributed by atoms with van der Waals surface area (Å²) in [7, 11) is 0. The van der Waals surface area contributed by atoms with E-state index < -0.39 is 0 Å². The zero-order chi connectivity index (χ0) is 14.7. The van der Waals surface area contributed by atoms with E-state index in [2.05, 4.69) is 15.6 Å². The number of rotatable bonds is 4. The summed E-state index contributed by atoms with van der Waals surface area (Å²) in [5.74, 6) is 0.0648. The van der Waals surface area contributed by atoms with Crippen molar-refractivity contribution in [2.24, 2.45) is 0 Å². The molecular formula is C16H18N4O. The molecule has 0 atom stereocenters. The quantitative estimate of drug-likeness (QED) is 0.751. The van der Waals surface area contributed by atoms with Gasteiger partial charge >= 0.3 is 0 Å². The highest BCUT2D eigenvalue weighted by Crippen LogP contribution is 2.30. The molecule has 0 saturated heterocycles. The normalized spacial score (nSPS) is 13.4. The van der Waals surface area contributed by atoms with E-state index in [1.54, 1.807) is 12.4 Å². The molecule has 0 radical (unpaired) electrons. The van der Waals surface area contributed by atoms with E-state index in [1.165, 1.54) is 5.56 Å². The Balaban J connectivity index is 1.68. The molecule has 1 aromatic carbocycles. The Hall–Kier alpha value is -2.56. The minimum atomic E-state index is 0.0648. The van der Waals surface area contributed by atoms with Crippen LogP contribution < -0.4 is 16.4 Å². The second-order valence-corrected chi connectivity index (χ2v) is 5.18. The molecule has 2 aromatic rings. The standard InChI is InChI=1S/C16H18N4O/c17-13-9-12-1-2-16(21)20-14(12)10-15(13)19-8-5-11-3-6-18-7-4-11/h3-4,6-7,9-10,19H,1-2,5,8,17H2,(H,20,21). The lowest BCUT2D eigenvalue weighted by atomic mass is 10.0. The first-order valence-electron chi connectivity index (χ1n) is 7.07. The molecule has 108 valence electrons. The van der Waals surface area contributed by atoms with E-state index in [4.69, 9.17) is 5.73 Å². The molecule has 5 heteroatoms. The van der Waals surface area contributed by atoms with E-state index in [-0.39, 0.29) is 5.91 Å². The summed E-state index contributed by atoms with van der Waals surface area (Å²) in [6.45, 7) is 0.779. The number of carbonyl (C=O) groups excluding carboxylic acids is 1. The summed E-state index contributed by atoms with van der Waals surface area (Å²) in [5.41, 5.74) is 10.9. The maximum absolute atomic E-state index is 11.5. The van der Waals surface area contributed by atoms with Gasteiger partial charge in [-0.1, -0.05) is 0 Å². The van der Waals surface area contributed by atoms with E-state index in [9.17, 15) is 4.79 Å². The summed E-state index contributed by atoms with van der Waals surface area (Å²) < 4.78 is 0. The Labute approximate surface area is 123 Å². The number of hydrogen-bond donors (Lipinski definition) is 3. The van der Waals surface area contributed by atoms with Crippen molar-refractivity contribution in [2.75, 3.05) is 22.9 Å². The van der Waals surface area contributed by atoms with Crippen LogP contribution in [0, 0.1) is 0 Å². The predicted octanol–water partition coefficient (Wildman–Crippen LogP) is 2.20. The number of anilines is 3. The van der Waals surface area contributed by atoms with Crippen molar-refractivity contribution >= 4 is 23.0 Å². The Kier molecular flexibility index (Phi) is 3.73. The topological polar surface area (TPSA) is 80.0 Å². The van der Waals surface area contributed by atoms with Gasteiger partial charge in [-0.15, -0.1) is 0 Å². The van der Waals surface area contributed by atoms with Gasteiger partial charge in [-0.05, 0) is 48.2 Å². The average Bonchev–Trinajstić information content (AvgIpc) is 2.49. The fourth-order valence-corrected chi connectivity index (χ4v) is 2.49. The number of nitrogens with one attached hydrogen (secondary N) is 2. The molecule has 0 bridgehead atoms. The van der Waals surface area contributed by atoms with Crippen molar-refractivity contribution in [1.29, 1.82) is 0 Å². The molecule has 1 amide bonds. The molecule has 1 aliphatic rings. The van der Waals surface area contributed by atoms with Gasteiger partial charge in [-0.2, -0.15) is 0 Å². The second kappa shape index (κ2) is 5.83. The fraction of sp³-hybridized carbons (Fsp3) is 0.250. The van der Waals surface area contributed by atoms with Crippen molar-refractivity contribution in [1.82, 2.24) is 4.98 Å². The van der Waals surface area contributed by atoms with Crippen molar-refractivity contribution in [3.63, 3.8) is 0 Å². The van der Waals surface area contributed by atoms with Gasteiger partial charge in [0.1, 0.15) is 0 Å². The highest BCUT2D eigenvalue weighted by molar-refractivity contribution is 5.95. The molecule has 1 aromatic heterocycles. The first-order valence-corrected chi connectivity index (χ1v) is 7.07.